The highest BCUT2D eigenvalue weighted by molar-refractivity contribution is 7.80. The number of carbonyl (C=O) groups excluding carboxylic acids is 1. The molecule has 2 N–H and O–H groups in total. The normalized spacial score (nSPS) is 17.9. The molecule has 1 unspecified atom stereocenters. The number of ether oxygens (including phenoxy) is 1. The van der Waals surface area contributed by atoms with E-state index in [-0.39, 0.29) is 12.0 Å². The third-order valence-electron chi connectivity index (χ3n) is 3.96. The summed E-state index contributed by atoms with van der Waals surface area (Å²) in [5.74, 6) is -0.315. The Balaban J connectivity index is 2.55. The molecule has 1 aromatic carbocycles. The maximum atomic E-state index is 12.4. The van der Waals surface area contributed by atoms with E-state index in [4.69, 9.17) is 17.0 Å². The Morgan fingerprint density at radius 1 is 1.18 bits per heavy atom. The average Bonchev–Trinajstić information content (AvgIpc) is 2.42. The molecule has 4 nitrogen and oxygen atoms in total. The summed E-state index contributed by atoms with van der Waals surface area (Å²) in [4.78, 5) is 12.4. The van der Waals surface area contributed by atoms with Crippen molar-refractivity contribution in [3.8, 4) is 0 Å². The summed E-state index contributed by atoms with van der Waals surface area (Å²) in [5, 5.41) is 6.74. The predicted octanol–water partition coefficient (Wildman–Crippen LogP) is 2.97. The number of carbonyl (C=O) groups is 1. The number of benzene rings is 1. The number of hydrogen-bond acceptors (Lipinski definition) is 3. The SMILES string of the molecule is CCOC(=O)C1=C(C)NC(=S)NC1c1cc(C)c(C)cc1C. The molecule has 0 saturated carbocycles. The van der Waals surface area contributed by atoms with E-state index < -0.39 is 0 Å². The summed E-state index contributed by atoms with van der Waals surface area (Å²) in [6, 6.07) is 3.96. The van der Waals surface area contributed by atoms with Gasteiger partial charge in [-0.25, -0.2) is 4.79 Å². The topological polar surface area (TPSA) is 50.4 Å². The van der Waals surface area contributed by atoms with E-state index in [9.17, 15) is 4.79 Å². The number of hydrogen-bond donors (Lipinski definition) is 2. The Morgan fingerprint density at radius 2 is 1.82 bits per heavy atom. The van der Waals surface area contributed by atoms with Gasteiger partial charge >= 0.3 is 5.97 Å². The van der Waals surface area contributed by atoms with Gasteiger partial charge in [-0.1, -0.05) is 12.1 Å². The van der Waals surface area contributed by atoms with Gasteiger partial charge in [-0.3, -0.25) is 0 Å². The van der Waals surface area contributed by atoms with Gasteiger partial charge in [-0.15, -0.1) is 0 Å². The van der Waals surface area contributed by atoms with Crippen molar-refractivity contribution in [2.45, 2.75) is 40.7 Å². The quantitative estimate of drug-likeness (QED) is 0.663. The summed E-state index contributed by atoms with van der Waals surface area (Å²) in [6.45, 7) is 10.2. The summed E-state index contributed by atoms with van der Waals surface area (Å²) < 4.78 is 5.21. The minimum absolute atomic E-state index is 0.285. The first kappa shape index (κ1) is 16.5. The highest BCUT2D eigenvalue weighted by atomic mass is 32.1. The predicted molar refractivity (Wildman–Crippen MR) is 91.6 cm³/mol. The monoisotopic (exact) mass is 318 g/mol. The lowest BCUT2D eigenvalue weighted by molar-refractivity contribution is -0.139. The van der Waals surface area contributed by atoms with E-state index in [1.807, 2.05) is 13.8 Å². The maximum Gasteiger partial charge on any atom is 0.338 e. The molecule has 0 amide bonds. The van der Waals surface area contributed by atoms with E-state index in [2.05, 4.69) is 36.6 Å². The van der Waals surface area contributed by atoms with Crippen LogP contribution in [0.15, 0.2) is 23.4 Å². The van der Waals surface area contributed by atoms with Gasteiger partial charge in [-0.2, -0.15) is 0 Å². The largest absolute Gasteiger partial charge is 0.463 e. The lowest BCUT2D eigenvalue weighted by Crippen LogP contribution is -2.45. The van der Waals surface area contributed by atoms with Crippen LogP contribution in [0.1, 0.15) is 42.1 Å². The molecular weight excluding hydrogens is 296 g/mol. The molecular formula is C17H22N2O2S. The Labute approximate surface area is 136 Å². The highest BCUT2D eigenvalue weighted by Crippen LogP contribution is 2.31. The average molecular weight is 318 g/mol. The van der Waals surface area contributed by atoms with Crippen molar-refractivity contribution in [2.75, 3.05) is 6.61 Å². The van der Waals surface area contributed by atoms with Crippen LogP contribution in [-0.4, -0.2) is 17.7 Å². The molecule has 22 heavy (non-hydrogen) atoms. The lowest BCUT2D eigenvalue weighted by Gasteiger charge is -2.31. The van der Waals surface area contributed by atoms with Crippen LogP contribution in [0, 0.1) is 20.8 Å². The van der Waals surface area contributed by atoms with Gasteiger partial charge in [-0.05, 0) is 69.1 Å². The Bertz CT molecular complexity index is 665. The van der Waals surface area contributed by atoms with Crippen molar-refractivity contribution in [3.63, 3.8) is 0 Å². The van der Waals surface area contributed by atoms with E-state index >= 15 is 0 Å². The van der Waals surface area contributed by atoms with Crippen LogP contribution in [-0.2, 0) is 9.53 Å². The molecule has 0 spiro atoms. The molecule has 5 heteroatoms. The molecule has 0 aromatic heterocycles. The van der Waals surface area contributed by atoms with Crippen molar-refractivity contribution in [1.82, 2.24) is 10.6 Å². The van der Waals surface area contributed by atoms with E-state index in [0.717, 1.165) is 16.8 Å². The zero-order chi connectivity index (χ0) is 16.4. The van der Waals surface area contributed by atoms with Gasteiger partial charge < -0.3 is 15.4 Å². The first-order chi connectivity index (χ1) is 10.3. The molecule has 1 aliphatic rings. The number of aryl methyl sites for hydroxylation is 3. The van der Waals surface area contributed by atoms with Crippen molar-refractivity contribution in [3.05, 3.63) is 45.7 Å². The van der Waals surface area contributed by atoms with Gasteiger partial charge in [0.25, 0.3) is 0 Å². The standard InChI is InChI=1S/C17H22N2O2S/c1-6-21-16(20)14-12(5)18-17(22)19-15(14)13-8-10(3)9(2)7-11(13)4/h7-8,15H,6H2,1-5H3,(H2,18,19,22). The Morgan fingerprint density at radius 3 is 2.45 bits per heavy atom. The third-order valence-corrected chi connectivity index (χ3v) is 4.18. The second-order valence-corrected chi connectivity index (χ2v) is 5.99. The second kappa shape index (κ2) is 6.48. The number of esters is 1. The fraction of sp³-hybridized carbons (Fsp3) is 0.412. The molecule has 1 aliphatic heterocycles. The minimum atomic E-state index is -0.315. The third kappa shape index (κ3) is 3.14. The van der Waals surface area contributed by atoms with Crippen LogP contribution < -0.4 is 10.6 Å². The van der Waals surface area contributed by atoms with Gasteiger partial charge in [0.15, 0.2) is 5.11 Å². The van der Waals surface area contributed by atoms with E-state index in [1.165, 1.54) is 11.1 Å². The zero-order valence-electron chi connectivity index (χ0n) is 13.7. The summed E-state index contributed by atoms with van der Waals surface area (Å²) in [6.07, 6.45) is 0. The number of allylic oxidation sites excluding steroid dienone is 1. The summed E-state index contributed by atoms with van der Waals surface area (Å²) >= 11 is 5.26. The fourth-order valence-electron chi connectivity index (χ4n) is 2.70. The molecule has 0 bridgehead atoms. The van der Waals surface area contributed by atoms with Gasteiger partial charge in [0, 0.05) is 5.70 Å². The first-order valence-electron chi connectivity index (χ1n) is 7.38. The second-order valence-electron chi connectivity index (χ2n) is 5.58. The molecule has 0 fully saturated rings. The van der Waals surface area contributed by atoms with Gasteiger partial charge in [0.2, 0.25) is 0 Å². The number of rotatable bonds is 3. The van der Waals surface area contributed by atoms with E-state index in [0.29, 0.717) is 17.3 Å². The van der Waals surface area contributed by atoms with Crippen LogP contribution in [0.25, 0.3) is 0 Å². The van der Waals surface area contributed by atoms with Crippen molar-refractivity contribution in [1.29, 1.82) is 0 Å². The molecule has 0 saturated heterocycles. The van der Waals surface area contributed by atoms with Crippen molar-refractivity contribution in [2.24, 2.45) is 0 Å². The number of nitrogens with one attached hydrogen (secondary N) is 2. The minimum Gasteiger partial charge on any atom is -0.463 e. The molecule has 2 rings (SSSR count). The van der Waals surface area contributed by atoms with Crippen LogP contribution >= 0.6 is 12.2 Å². The maximum absolute atomic E-state index is 12.4. The molecule has 0 aliphatic carbocycles. The molecule has 118 valence electrons. The van der Waals surface area contributed by atoms with Gasteiger partial charge in [0.1, 0.15) is 0 Å². The zero-order valence-corrected chi connectivity index (χ0v) is 14.5. The smallest absolute Gasteiger partial charge is 0.338 e. The van der Waals surface area contributed by atoms with Gasteiger partial charge in [0.05, 0.1) is 18.2 Å². The van der Waals surface area contributed by atoms with Crippen molar-refractivity contribution < 1.29 is 9.53 Å². The van der Waals surface area contributed by atoms with Crippen LogP contribution in [0.5, 0.6) is 0 Å². The number of thiocarbonyl (C=S) groups is 1. The highest BCUT2D eigenvalue weighted by Gasteiger charge is 2.31. The summed E-state index contributed by atoms with van der Waals surface area (Å²) in [5.41, 5.74) is 5.92. The fourth-order valence-corrected chi connectivity index (χ4v) is 2.97. The lowest BCUT2D eigenvalue weighted by atomic mass is 9.90. The Kier molecular flexibility index (Phi) is 4.86. The first-order valence-corrected chi connectivity index (χ1v) is 7.79. The van der Waals surface area contributed by atoms with Crippen LogP contribution in [0.4, 0.5) is 0 Å². The summed E-state index contributed by atoms with van der Waals surface area (Å²) in [7, 11) is 0. The van der Waals surface area contributed by atoms with Crippen molar-refractivity contribution >= 4 is 23.3 Å². The van der Waals surface area contributed by atoms with E-state index in [1.54, 1.807) is 6.92 Å². The molecule has 1 atom stereocenters. The Hall–Kier alpha value is -1.88. The molecule has 1 heterocycles. The van der Waals surface area contributed by atoms with Crippen LogP contribution in [0.2, 0.25) is 0 Å². The molecule has 1 aromatic rings. The van der Waals surface area contributed by atoms with Crippen LogP contribution in [0.3, 0.4) is 0 Å². The molecule has 0 radical (unpaired) electrons.